The van der Waals surface area contributed by atoms with Crippen LogP contribution in [0.25, 0.3) is 5.57 Å². The lowest BCUT2D eigenvalue weighted by Gasteiger charge is -2.12. The van der Waals surface area contributed by atoms with E-state index in [1.54, 1.807) is 6.92 Å². The molecule has 0 unspecified atom stereocenters. The first-order valence-electron chi connectivity index (χ1n) is 8.31. The number of carbonyl (C=O) groups excluding carboxylic acids is 1. The summed E-state index contributed by atoms with van der Waals surface area (Å²) in [4.78, 5) is 12.2. The van der Waals surface area contributed by atoms with Crippen molar-refractivity contribution in [3.05, 3.63) is 71.3 Å². The topological polar surface area (TPSA) is 59.3 Å². The molecule has 0 aliphatic carbocycles. The van der Waals surface area contributed by atoms with Gasteiger partial charge in [-0.3, -0.25) is 0 Å². The quantitative estimate of drug-likeness (QED) is 0.428. The van der Waals surface area contributed by atoms with Crippen LogP contribution in [0, 0.1) is 11.3 Å². The van der Waals surface area contributed by atoms with Gasteiger partial charge in [-0.05, 0) is 36.6 Å². The fourth-order valence-electron chi connectivity index (χ4n) is 2.40. The Kier molecular flexibility index (Phi) is 6.79. The Morgan fingerprint density at radius 3 is 2.20 bits per heavy atom. The Hall–Kier alpha value is -3.06. The molecule has 0 saturated carbocycles. The van der Waals surface area contributed by atoms with Crippen molar-refractivity contribution in [1.82, 2.24) is 0 Å². The lowest BCUT2D eigenvalue weighted by Crippen LogP contribution is -2.09. The van der Waals surface area contributed by atoms with Gasteiger partial charge < -0.3 is 9.47 Å². The summed E-state index contributed by atoms with van der Waals surface area (Å²) in [5.74, 6) is 0.141. The van der Waals surface area contributed by atoms with Gasteiger partial charge in [0, 0.05) is 5.57 Å². The lowest BCUT2D eigenvalue weighted by atomic mass is 9.93. The fraction of sp³-hybridized carbons (Fsp3) is 0.238. The Balaban J connectivity index is 2.52. The molecular weight excluding hydrogens is 314 g/mol. The van der Waals surface area contributed by atoms with Crippen LogP contribution in [0.2, 0.25) is 0 Å². The second kappa shape index (κ2) is 9.29. The number of carbonyl (C=O) groups is 1. The minimum absolute atomic E-state index is 0.00437. The van der Waals surface area contributed by atoms with E-state index in [2.05, 4.69) is 0 Å². The maximum Gasteiger partial charge on any atom is 0.349 e. The predicted octanol–water partition coefficient (Wildman–Crippen LogP) is 4.36. The molecule has 128 valence electrons. The predicted molar refractivity (Wildman–Crippen MR) is 96.9 cm³/mol. The van der Waals surface area contributed by atoms with Crippen LogP contribution in [-0.2, 0) is 9.53 Å². The molecule has 0 saturated heterocycles. The van der Waals surface area contributed by atoms with E-state index in [0.29, 0.717) is 12.2 Å². The van der Waals surface area contributed by atoms with Crippen molar-refractivity contribution < 1.29 is 14.3 Å². The standard InChI is InChI=1S/C21H21NO3/c1-3-14-25-18-12-10-17(11-13-18)20(16-8-6-5-7-9-16)19(15-22)21(23)24-4-2/h5-13H,3-4,14H2,1-2H3. The Labute approximate surface area is 148 Å². The van der Waals surface area contributed by atoms with Crippen LogP contribution in [0.15, 0.2) is 60.2 Å². The molecule has 4 heteroatoms. The zero-order chi connectivity index (χ0) is 18.1. The number of esters is 1. The third kappa shape index (κ3) is 4.71. The van der Waals surface area contributed by atoms with Crippen LogP contribution in [0.4, 0.5) is 0 Å². The SMILES string of the molecule is CCCOc1ccc(C(=C(C#N)C(=O)OCC)c2ccccc2)cc1. The Morgan fingerprint density at radius 2 is 1.64 bits per heavy atom. The van der Waals surface area contributed by atoms with Crippen LogP contribution >= 0.6 is 0 Å². The lowest BCUT2D eigenvalue weighted by molar-refractivity contribution is -0.137. The summed E-state index contributed by atoms with van der Waals surface area (Å²) in [5.41, 5.74) is 2.10. The van der Waals surface area contributed by atoms with Crippen molar-refractivity contribution in [2.75, 3.05) is 13.2 Å². The van der Waals surface area contributed by atoms with E-state index in [-0.39, 0.29) is 12.2 Å². The van der Waals surface area contributed by atoms with Crippen LogP contribution < -0.4 is 4.74 Å². The molecule has 2 rings (SSSR count). The van der Waals surface area contributed by atoms with E-state index in [4.69, 9.17) is 9.47 Å². The van der Waals surface area contributed by atoms with Crippen LogP contribution in [0.5, 0.6) is 5.75 Å². The third-order valence-electron chi connectivity index (χ3n) is 3.52. The van der Waals surface area contributed by atoms with Gasteiger partial charge in [0.2, 0.25) is 0 Å². The van der Waals surface area contributed by atoms with E-state index in [1.165, 1.54) is 0 Å². The number of rotatable bonds is 7. The molecule has 0 heterocycles. The summed E-state index contributed by atoms with van der Waals surface area (Å²) < 4.78 is 10.6. The van der Waals surface area contributed by atoms with Crippen LogP contribution in [-0.4, -0.2) is 19.2 Å². The van der Waals surface area contributed by atoms with Gasteiger partial charge in [-0.25, -0.2) is 4.79 Å². The van der Waals surface area contributed by atoms with Crippen molar-refractivity contribution >= 4 is 11.5 Å². The van der Waals surface area contributed by atoms with E-state index in [1.807, 2.05) is 67.6 Å². The average Bonchev–Trinajstić information content (AvgIpc) is 2.65. The molecule has 2 aromatic carbocycles. The zero-order valence-electron chi connectivity index (χ0n) is 14.5. The summed E-state index contributed by atoms with van der Waals surface area (Å²) in [6.45, 7) is 4.63. The molecule has 0 aromatic heterocycles. The highest BCUT2D eigenvalue weighted by Gasteiger charge is 2.19. The van der Waals surface area contributed by atoms with Gasteiger partial charge in [0.1, 0.15) is 17.4 Å². The van der Waals surface area contributed by atoms with Crippen molar-refractivity contribution in [3.8, 4) is 11.8 Å². The number of benzene rings is 2. The third-order valence-corrected chi connectivity index (χ3v) is 3.52. The first-order chi connectivity index (χ1) is 12.2. The Morgan fingerprint density at radius 1 is 1.00 bits per heavy atom. The second-order valence-electron chi connectivity index (χ2n) is 5.32. The van der Waals surface area contributed by atoms with Gasteiger partial charge in [0.15, 0.2) is 0 Å². The van der Waals surface area contributed by atoms with E-state index >= 15 is 0 Å². The normalized spacial score (nSPS) is 11.2. The number of hydrogen-bond donors (Lipinski definition) is 0. The highest BCUT2D eigenvalue weighted by molar-refractivity contribution is 6.05. The van der Waals surface area contributed by atoms with Crippen molar-refractivity contribution in [3.63, 3.8) is 0 Å². The highest BCUT2D eigenvalue weighted by atomic mass is 16.5. The molecule has 0 atom stereocenters. The number of ether oxygens (including phenoxy) is 2. The van der Waals surface area contributed by atoms with Crippen molar-refractivity contribution in [2.24, 2.45) is 0 Å². The summed E-state index contributed by atoms with van der Waals surface area (Å²) in [7, 11) is 0. The molecular formula is C21H21NO3. The summed E-state index contributed by atoms with van der Waals surface area (Å²) >= 11 is 0. The summed E-state index contributed by atoms with van der Waals surface area (Å²) in [6, 6.07) is 18.8. The van der Waals surface area contributed by atoms with Gasteiger partial charge in [-0.15, -0.1) is 0 Å². The molecule has 0 bridgehead atoms. The molecule has 0 fully saturated rings. The van der Waals surface area contributed by atoms with Crippen molar-refractivity contribution in [1.29, 1.82) is 5.26 Å². The molecule has 0 radical (unpaired) electrons. The molecule has 0 amide bonds. The number of nitriles is 1. The Bertz CT molecular complexity index is 771. The molecule has 0 aliphatic rings. The van der Waals surface area contributed by atoms with Crippen LogP contribution in [0.3, 0.4) is 0 Å². The van der Waals surface area contributed by atoms with Crippen molar-refractivity contribution in [2.45, 2.75) is 20.3 Å². The second-order valence-corrected chi connectivity index (χ2v) is 5.32. The number of nitrogens with zero attached hydrogens (tertiary/aromatic N) is 1. The minimum atomic E-state index is -0.616. The maximum atomic E-state index is 12.2. The van der Waals surface area contributed by atoms with Gasteiger partial charge in [0.05, 0.1) is 13.2 Å². The zero-order valence-corrected chi connectivity index (χ0v) is 14.5. The number of hydrogen-bond acceptors (Lipinski definition) is 4. The maximum absolute atomic E-state index is 12.2. The molecule has 2 aromatic rings. The first kappa shape index (κ1) is 18.3. The first-order valence-corrected chi connectivity index (χ1v) is 8.31. The average molecular weight is 335 g/mol. The van der Waals surface area contributed by atoms with Gasteiger partial charge >= 0.3 is 5.97 Å². The van der Waals surface area contributed by atoms with Gasteiger partial charge in [-0.2, -0.15) is 5.26 Å². The molecule has 0 aliphatic heterocycles. The molecule has 0 N–H and O–H groups in total. The smallest absolute Gasteiger partial charge is 0.349 e. The summed E-state index contributed by atoms with van der Waals surface area (Å²) in [5, 5.41) is 9.55. The monoisotopic (exact) mass is 335 g/mol. The summed E-state index contributed by atoms with van der Waals surface area (Å²) in [6.07, 6.45) is 0.929. The molecule has 25 heavy (non-hydrogen) atoms. The van der Waals surface area contributed by atoms with Crippen LogP contribution in [0.1, 0.15) is 31.4 Å². The van der Waals surface area contributed by atoms with Gasteiger partial charge in [0.25, 0.3) is 0 Å². The molecule has 4 nitrogen and oxygen atoms in total. The molecule has 0 spiro atoms. The fourth-order valence-corrected chi connectivity index (χ4v) is 2.40. The van der Waals surface area contributed by atoms with Gasteiger partial charge in [-0.1, -0.05) is 49.4 Å². The largest absolute Gasteiger partial charge is 0.494 e. The highest BCUT2D eigenvalue weighted by Crippen LogP contribution is 2.29. The van der Waals surface area contributed by atoms with E-state index in [0.717, 1.165) is 23.3 Å². The van der Waals surface area contributed by atoms with E-state index in [9.17, 15) is 10.1 Å². The minimum Gasteiger partial charge on any atom is -0.494 e. The van der Waals surface area contributed by atoms with E-state index < -0.39 is 5.97 Å².